The van der Waals surface area contributed by atoms with Crippen LogP contribution in [0.4, 0.5) is 13.2 Å². The standard InChI is InChI=1S/C11H14F3NO4/c12-11(13,14)10(18)15-4-3-6(8(15)9(16)17)7-2-1-5-19-7/h6-8H,1-5H2,(H,16,17). The quantitative estimate of drug-likeness (QED) is 0.821. The van der Waals surface area contributed by atoms with Crippen LogP contribution >= 0.6 is 0 Å². The fourth-order valence-electron chi connectivity index (χ4n) is 2.85. The SMILES string of the molecule is O=C(O)C1C(C2CCCO2)CCN1C(=O)C(F)(F)F. The monoisotopic (exact) mass is 281 g/mol. The maximum Gasteiger partial charge on any atom is 0.471 e. The van der Waals surface area contributed by atoms with Gasteiger partial charge < -0.3 is 14.7 Å². The first kappa shape index (κ1) is 14.1. The number of alkyl halides is 3. The molecule has 0 radical (unpaired) electrons. The average Bonchev–Trinajstić information content (AvgIpc) is 2.94. The Morgan fingerprint density at radius 1 is 1.26 bits per heavy atom. The molecule has 0 aromatic rings. The summed E-state index contributed by atoms with van der Waals surface area (Å²) in [6.45, 7) is 0.292. The molecule has 0 aromatic carbocycles. The normalized spacial score (nSPS) is 31.7. The van der Waals surface area contributed by atoms with Gasteiger partial charge >= 0.3 is 18.1 Å². The lowest BCUT2D eigenvalue weighted by Crippen LogP contribution is -2.50. The molecule has 2 saturated heterocycles. The average molecular weight is 281 g/mol. The minimum absolute atomic E-state index is 0.195. The van der Waals surface area contributed by atoms with Crippen LogP contribution in [0.1, 0.15) is 19.3 Å². The number of nitrogens with zero attached hydrogens (tertiary/aromatic N) is 1. The summed E-state index contributed by atoms with van der Waals surface area (Å²) in [5, 5.41) is 9.11. The minimum atomic E-state index is -5.04. The van der Waals surface area contributed by atoms with E-state index in [0.717, 1.165) is 6.42 Å². The molecule has 2 fully saturated rings. The van der Waals surface area contributed by atoms with E-state index in [9.17, 15) is 22.8 Å². The van der Waals surface area contributed by atoms with Gasteiger partial charge in [-0.3, -0.25) is 4.79 Å². The number of carboxylic acid groups (broad SMARTS) is 1. The van der Waals surface area contributed by atoms with Gasteiger partial charge in [0.1, 0.15) is 6.04 Å². The number of carbonyl (C=O) groups is 2. The van der Waals surface area contributed by atoms with Gasteiger partial charge in [0, 0.05) is 19.1 Å². The summed E-state index contributed by atoms with van der Waals surface area (Å²) in [5.41, 5.74) is 0. The second kappa shape index (κ2) is 4.99. The van der Waals surface area contributed by atoms with E-state index in [1.807, 2.05) is 0 Å². The first-order valence-electron chi connectivity index (χ1n) is 6.04. The van der Waals surface area contributed by atoms with E-state index in [-0.39, 0.29) is 19.1 Å². The van der Waals surface area contributed by atoms with Crippen LogP contribution in [0, 0.1) is 5.92 Å². The highest BCUT2D eigenvalue weighted by atomic mass is 19.4. The molecule has 0 bridgehead atoms. The van der Waals surface area contributed by atoms with Crippen molar-refractivity contribution >= 4 is 11.9 Å². The summed E-state index contributed by atoms with van der Waals surface area (Å²) in [6, 6.07) is -1.45. The van der Waals surface area contributed by atoms with Gasteiger partial charge in [-0.15, -0.1) is 0 Å². The zero-order chi connectivity index (χ0) is 14.2. The molecule has 5 nitrogen and oxygen atoms in total. The van der Waals surface area contributed by atoms with Gasteiger partial charge in [-0.25, -0.2) is 4.79 Å². The Labute approximate surface area is 107 Å². The lowest BCUT2D eigenvalue weighted by atomic mass is 9.92. The molecule has 108 valence electrons. The van der Waals surface area contributed by atoms with Crippen LogP contribution in [0.15, 0.2) is 0 Å². The number of likely N-dealkylation sites (tertiary alicyclic amines) is 1. The first-order valence-corrected chi connectivity index (χ1v) is 6.04. The second-order valence-corrected chi connectivity index (χ2v) is 4.78. The summed E-state index contributed by atoms with van der Waals surface area (Å²) in [4.78, 5) is 22.8. The summed E-state index contributed by atoms with van der Waals surface area (Å²) in [5.74, 6) is -4.05. The Kier molecular flexibility index (Phi) is 3.71. The number of carbonyl (C=O) groups excluding carboxylic acids is 1. The molecule has 0 spiro atoms. The second-order valence-electron chi connectivity index (χ2n) is 4.78. The van der Waals surface area contributed by atoms with E-state index in [1.165, 1.54) is 0 Å². The molecule has 0 saturated carbocycles. The number of rotatable bonds is 2. The van der Waals surface area contributed by atoms with Crippen molar-refractivity contribution in [1.82, 2.24) is 4.90 Å². The Morgan fingerprint density at radius 2 is 1.95 bits per heavy atom. The predicted octanol–water partition coefficient (Wildman–Crippen LogP) is 1.03. The van der Waals surface area contributed by atoms with Crippen molar-refractivity contribution in [2.24, 2.45) is 5.92 Å². The fourth-order valence-corrected chi connectivity index (χ4v) is 2.85. The van der Waals surface area contributed by atoms with E-state index in [4.69, 9.17) is 9.84 Å². The summed E-state index contributed by atoms with van der Waals surface area (Å²) in [6.07, 6.45) is -3.79. The lowest BCUT2D eigenvalue weighted by Gasteiger charge is -2.27. The molecule has 2 rings (SSSR count). The van der Waals surface area contributed by atoms with E-state index in [0.29, 0.717) is 17.9 Å². The van der Waals surface area contributed by atoms with Crippen LogP contribution in [-0.4, -0.2) is 53.4 Å². The number of amides is 1. The zero-order valence-electron chi connectivity index (χ0n) is 10.0. The summed E-state index contributed by atoms with van der Waals surface area (Å²) < 4.78 is 42.6. The van der Waals surface area contributed by atoms with Gasteiger partial charge in [-0.05, 0) is 19.3 Å². The third-order valence-corrected chi connectivity index (χ3v) is 3.64. The number of hydrogen-bond acceptors (Lipinski definition) is 3. The smallest absolute Gasteiger partial charge is 0.471 e. The van der Waals surface area contributed by atoms with Gasteiger partial charge in [-0.2, -0.15) is 13.2 Å². The van der Waals surface area contributed by atoms with Crippen molar-refractivity contribution in [3.8, 4) is 0 Å². The molecule has 8 heteroatoms. The number of ether oxygens (including phenoxy) is 1. The highest BCUT2D eigenvalue weighted by Gasteiger charge is 2.53. The Bertz CT molecular complexity index is 379. The highest BCUT2D eigenvalue weighted by Crippen LogP contribution is 2.35. The van der Waals surface area contributed by atoms with Gasteiger partial charge in [0.2, 0.25) is 0 Å². The van der Waals surface area contributed by atoms with Gasteiger partial charge in [0.05, 0.1) is 6.10 Å². The number of halogens is 3. The van der Waals surface area contributed by atoms with E-state index >= 15 is 0 Å². The number of aliphatic carboxylic acids is 1. The molecular formula is C11H14F3NO4. The topological polar surface area (TPSA) is 66.8 Å². The van der Waals surface area contributed by atoms with Crippen LogP contribution in [0.2, 0.25) is 0 Å². The number of carboxylic acids is 1. The molecule has 2 aliphatic rings. The van der Waals surface area contributed by atoms with Crippen molar-refractivity contribution in [3.63, 3.8) is 0 Å². The number of hydrogen-bond donors (Lipinski definition) is 1. The van der Waals surface area contributed by atoms with Crippen molar-refractivity contribution in [2.75, 3.05) is 13.2 Å². The molecule has 1 amide bonds. The molecule has 1 N–H and O–H groups in total. The Hall–Kier alpha value is -1.31. The zero-order valence-corrected chi connectivity index (χ0v) is 10.0. The van der Waals surface area contributed by atoms with E-state index in [2.05, 4.69) is 0 Å². The van der Waals surface area contributed by atoms with Crippen molar-refractivity contribution in [3.05, 3.63) is 0 Å². The van der Waals surface area contributed by atoms with Gasteiger partial charge in [-0.1, -0.05) is 0 Å². The summed E-state index contributed by atoms with van der Waals surface area (Å²) in [7, 11) is 0. The van der Waals surface area contributed by atoms with Crippen LogP contribution < -0.4 is 0 Å². The van der Waals surface area contributed by atoms with E-state index < -0.39 is 30.0 Å². The lowest BCUT2D eigenvalue weighted by molar-refractivity contribution is -0.188. The summed E-state index contributed by atoms with van der Waals surface area (Å²) >= 11 is 0. The largest absolute Gasteiger partial charge is 0.480 e. The van der Waals surface area contributed by atoms with Gasteiger partial charge in [0.15, 0.2) is 0 Å². The van der Waals surface area contributed by atoms with Crippen LogP contribution in [0.3, 0.4) is 0 Å². The van der Waals surface area contributed by atoms with Crippen molar-refractivity contribution < 1.29 is 32.6 Å². The van der Waals surface area contributed by atoms with Crippen LogP contribution in [-0.2, 0) is 14.3 Å². The van der Waals surface area contributed by atoms with Crippen LogP contribution in [0.25, 0.3) is 0 Å². The van der Waals surface area contributed by atoms with Crippen molar-refractivity contribution in [2.45, 2.75) is 37.6 Å². The Morgan fingerprint density at radius 3 is 2.42 bits per heavy atom. The first-order chi connectivity index (χ1) is 8.82. The molecule has 0 aliphatic carbocycles. The molecule has 0 aromatic heterocycles. The fraction of sp³-hybridized carbons (Fsp3) is 0.818. The van der Waals surface area contributed by atoms with Crippen LogP contribution in [0.5, 0.6) is 0 Å². The van der Waals surface area contributed by atoms with Crippen molar-refractivity contribution in [1.29, 1.82) is 0 Å². The minimum Gasteiger partial charge on any atom is -0.480 e. The Balaban J connectivity index is 2.17. The maximum absolute atomic E-state index is 12.4. The maximum atomic E-state index is 12.4. The third-order valence-electron chi connectivity index (χ3n) is 3.64. The molecular weight excluding hydrogens is 267 g/mol. The third kappa shape index (κ3) is 2.68. The van der Waals surface area contributed by atoms with E-state index in [1.54, 1.807) is 0 Å². The molecule has 2 aliphatic heterocycles. The van der Waals surface area contributed by atoms with Gasteiger partial charge in [0.25, 0.3) is 0 Å². The highest BCUT2D eigenvalue weighted by molar-refractivity contribution is 5.87. The molecule has 2 heterocycles. The predicted molar refractivity (Wildman–Crippen MR) is 56.3 cm³/mol. The molecule has 3 unspecified atom stereocenters. The molecule has 19 heavy (non-hydrogen) atoms. The molecule has 3 atom stereocenters.